The summed E-state index contributed by atoms with van der Waals surface area (Å²) in [5.41, 5.74) is 3.39. The van der Waals surface area contributed by atoms with Gasteiger partial charge in [-0.25, -0.2) is 9.37 Å². The van der Waals surface area contributed by atoms with Crippen LogP contribution in [0.1, 0.15) is 24.2 Å². The molecule has 0 amide bonds. The second-order valence-corrected chi connectivity index (χ2v) is 4.84. The lowest BCUT2D eigenvalue weighted by molar-refractivity contribution is 0.199. The van der Waals surface area contributed by atoms with Gasteiger partial charge in [0.15, 0.2) is 0 Å². The molecule has 1 heterocycles. The van der Waals surface area contributed by atoms with Gasteiger partial charge in [0, 0.05) is 5.56 Å². The molecule has 0 spiro atoms. The van der Waals surface area contributed by atoms with Crippen LogP contribution >= 0.6 is 0 Å². The highest BCUT2D eigenvalue weighted by Gasteiger charge is 2.17. The van der Waals surface area contributed by atoms with E-state index in [9.17, 15) is 9.50 Å². The van der Waals surface area contributed by atoms with Gasteiger partial charge in [-0.05, 0) is 42.3 Å². The summed E-state index contributed by atoms with van der Waals surface area (Å²) < 4.78 is 13.7. The van der Waals surface area contributed by atoms with Crippen LogP contribution in [0.25, 0.3) is 22.2 Å². The summed E-state index contributed by atoms with van der Waals surface area (Å²) in [6.07, 6.45) is 0.709. The van der Waals surface area contributed by atoms with E-state index in [1.54, 1.807) is 19.3 Å². The summed E-state index contributed by atoms with van der Waals surface area (Å²) in [6.45, 7) is 1.56. The fourth-order valence-electron chi connectivity index (χ4n) is 2.50. The van der Waals surface area contributed by atoms with Crippen LogP contribution in [0.4, 0.5) is 4.39 Å². The van der Waals surface area contributed by atoms with Gasteiger partial charge in [0.2, 0.25) is 0 Å². The van der Waals surface area contributed by atoms with E-state index in [0.29, 0.717) is 16.7 Å². The SMILES string of the molecule is CC(O)c1c(C#N)cc(F)cc1-c1ccc2[nH]cnc2c1. The van der Waals surface area contributed by atoms with Crippen molar-refractivity contribution in [2.24, 2.45) is 0 Å². The highest BCUT2D eigenvalue weighted by atomic mass is 19.1. The van der Waals surface area contributed by atoms with Crippen LogP contribution in [0.2, 0.25) is 0 Å². The number of aliphatic hydroxyl groups is 1. The first kappa shape index (κ1) is 13.3. The number of aromatic amines is 1. The summed E-state index contributed by atoms with van der Waals surface area (Å²) in [7, 11) is 0. The number of hydrogen-bond donors (Lipinski definition) is 2. The Bertz CT molecular complexity index is 862. The lowest BCUT2D eigenvalue weighted by Gasteiger charge is -2.14. The molecule has 1 atom stereocenters. The highest BCUT2D eigenvalue weighted by molar-refractivity contribution is 5.83. The Hall–Kier alpha value is -2.71. The number of nitrogens with zero attached hydrogens (tertiary/aromatic N) is 2. The Morgan fingerprint density at radius 2 is 2.14 bits per heavy atom. The molecule has 3 rings (SSSR count). The number of aliphatic hydroxyl groups excluding tert-OH is 1. The monoisotopic (exact) mass is 281 g/mol. The summed E-state index contributed by atoms with van der Waals surface area (Å²) >= 11 is 0. The molecule has 21 heavy (non-hydrogen) atoms. The number of benzene rings is 2. The van der Waals surface area contributed by atoms with Gasteiger partial charge in [-0.2, -0.15) is 5.26 Å². The van der Waals surface area contributed by atoms with Crippen molar-refractivity contribution in [2.45, 2.75) is 13.0 Å². The van der Waals surface area contributed by atoms with Gasteiger partial charge in [-0.3, -0.25) is 0 Å². The Morgan fingerprint density at radius 1 is 1.33 bits per heavy atom. The molecule has 5 heteroatoms. The minimum absolute atomic E-state index is 0.141. The topological polar surface area (TPSA) is 72.7 Å². The third-order valence-electron chi connectivity index (χ3n) is 3.42. The van der Waals surface area contributed by atoms with Crippen molar-refractivity contribution < 1.29 is 9.50 Å². The van der Waals surface area contributed by atoms with Crippen LogP contribution in [0.3, 0.4) is 0 Å². The zero-order chi connectivity index (χ0) is 15.0. The molecule has 104 valence electrons. The fourth-order valence-corrected chi connectivity index (χ4v) is 2.50. The number of nitrogens with one attached hydrogen (secondary N) is 1. The highest BCUT2D eigenvalue weighted by Crippen LogP contribution is 2.33. The quantitative estimate of drug-likeness (QED) is 0.757. The van der Waals surface area contributed by atoms with Crippen molar-refractivity contribution in [3.8, 4) is 17.2 Å². The van der Waals surface area contributed by atoms with Crippen molar-refractivity contribution in [3.05, 3.63) is 53.6 Å². The number of halogens is 1. The Morgan fingerprint density at radius 3 is 2.86 bits per heavy atom. The van der Waals surface area contributed by atoms with Crippen LogP contribution in [0, 0.1) is 17.1 Å². The number of nitriles is 1. The number of imidazole rings is 1. The molecule has 0 aliphatic rings. The van der Waals surface area contributed by atoms with Crippen LogP contribution in [-0.2, 0) is 0 Å². The Balaban J connectivity index is 2.30. The summed E-state index contributed by atoms with van der Waals surface area (Å²) in [6, 6.07) is 9.85. The first-order valence-electron chi connectivity index (χ1n) is 6.45. The molecule has 0 fully saturated rings. The van der Waals surface area contributed by atoms with Crippen molar-refractivity contribution >= 4 is 11.0 Å². The molecular weight excluding hydrogens is 269 g/mol. The maximum Gasteiger partial charge on any atom is 0.125 e. The van der Waals surface area contributed by atoms with Gasteiger partial charge in [-0.1, -0.05) is 6.07 Å². The number of hydrogen-bond acceptors (Lipinski definition) is 3. The van der Waals surface area contributed by atoms with Gasteiger partial charge in [-0.15, -0.1) is 0 Å². The minimum atomic E-state index is -0.870. The third kappa shape index (κ3) is 2.26. The summed E-state index contributed by atoms with van der Waals surface area (Å²) in [5.74, 6) is -0.506. The van der Waals surface area contributed by atoms with Gasteiger partial charge < -0.3 is 10.1 Å². The molecular formula is C16H12FN3O. The molecule has 4 nitrogen and oxygen atoms in total. The second-order valence-electron chi connectivity index (χ2n) is 4.84. The van der Waals surface area contributed by atoms with E-state index >= 15 is 0 Å². The number of aromatic nitrogens is 2. The van der Waals surface area contributed by atoms with Crippen molar-refractivity contribution in [2.75, 3.05) is 0 Å². The Labute approximate surface area is 120 Å². The summed E-state index contributed by atoms with van der Waals surface area (Å²) in [4.78, 5) is 7.15. The lowest BCUT2D eigenvalue weighted by atomic mass is 9.92. The minimum Gasteiger partial charge on any atom is -0.389 e. The average Bonchev–Trinajstić information content (AvgIpc) is 2.93. The van der Waals surface area contributed by atoms with E-state index in [0.717, 1.165) is 17.1 Å². The van der Waals surface area contributed by atoms with Gasteiger partial charge in [0.25, 0.3) is 0 Å². The second kappa shape index (κ2) is 5.00. The van der Waals surface area contributed by atoms with E-state index in [1.807, 2.05) is 18.2 Å². The van der Waals surface area contributed by atoms with Gasteiger partial charge >= 0.3 is 0 Å². The molecule has 0 bridgehead atoms. The first-order valence-corrected chi connectivity index (χ1v) is 6.45. The predicted octanol–water partition coefficient (Wildman–Crippen LogP) is 3.29. The number of H-pyrrole nitrogens is 1. The zero-order valence-corrected chi connectivity index (χ0v) is 11.3. The molecule has 0 aliphatic carbocycles. The molecule has 0 radical (unpaired) electrons. The van der Waals surface area contributed by atoms with Gasteiger partial charge in [0.1, 0.15) is 5.82 Å². The molecule has 2 aromatic carbocycles. The third-order valence-corrected chi connectivity index (χ3v) is 3.42. The van der Waals surface area contributed by atoms with E-state index in [4.69, 9.17) is 5.26 Å². The van der Waals surface area contributed by atoms with Crippen LogP contribution < -0.4 is 0 Å². The molecule has 0 saturated heterocycles. The van der Waals surface area contributed by atoms with E-state index in [-0.39, 0.29) is 5.56 Å². The molecule has 1 aromatic heterocycles. The molecule has 2 N–H and O–H groups in total. The fraction of sp³-hybridized carbons (Fsp3) is 0.125. The van der Waals surface area contributed by atoms with E-state index in [2.05, 4.69) is 9.97 Å². The predicted molar refractivity (Wildman–Crippen MR) is 76.8 cm³/mol. The van der Waals surface area contributed by atoms with Crippen LogP contribution in [0.15, 0.2) is 36.7 Å². The maximum absolute atomic E-state index is 13.7. The number of rotatable bonds is 2. The van der Waals surface area contributed by atoms with E-state index in [1.165, 1.54) is 6.07 Å². The Kier molecular flexibility index (Phi) is 3.16. The van der Waals surface area contributed by atoms with Crippen molar-refractivity contribution in [1.29, 1.82) is 5.26 Å². The van der Waals surface area contributed by atoms with E-state index < -0.39 is 11.9 Å². The zero-order valence-electron chi connectivity index (χ0n) is 11.3. The summed E-state index contributed by atoms with van der Waals surface area (Å²) in [5, 5.41) is 19.1. The lowest BCUT2D eigenvalue weighted by Crippen LogP contribution is -2.00. The maximum atomic E-state index is 13.7. The van der Waals surface area contributed by atoms with Crippen molar-refractivity contribution in [1.82, 2.24) is 9.97 Å². The number of fused-ring (bicyclic) bond motifs is 1. The normalized spacial score (nSPS) is 12.3. The molecule has 3 aromatic rings. The van der Waals surface area contributed by atoms with Crippen LogP contribution in [0.5, 0.6) is 0 Å². The smallest absolute Gasteiger partial charge is 0.125 e. The largest absolute Gasteiger partial charge is 0.389 e. The molecule has 0 saturated carbocycles. The van der Waals surface area contributed by atoms with Crippen molar-refractivity contribution in [3.63, 3.8) is 0 Å². The first-order chi connectivity index (χ1) is 10.1. The standard InChI is InChI=1S/C16H12FN3O/c1-9(21)16-11(7-18)4-12(17)6-13(16)10-2-3-14-15(5-10)20-8-19-14/h2-6,8-9,21H,1H3,(H,19,20). The average molecular weight is 281 g/mol. The molecule has 1 unspecified atom stereocenters. The molecule has 0 aliphatic heterocycles. The van der Waals surface area contributed by atoms with Gasteiger partial charge in [0.05, 0.1) is 35.1 Å². The van der Waals surface area contributed by atoms with Crippen LogP contribution in [-0.4, -0.2) is 15.1 Å².